The first-order chi connectivity index (χ1) is 43.3. The highest BCUT2D eigenvalue weighted by molar-refractivity contribution is 8.07. The summed E-state index contributed by atoms with van der Waals surface area (Å²) in [4.78, 5) is 153. The minimum absolute atomic E-state index is 0.00254. The van der Waals surface area contributed by atoms with Crippen LogP contribution in [0.1, 0.15) is 70.4 Å². The highest BCUT2D eigenvalue weighted by Crippen LogP contribution is 2.55. The number of esters is 1. The van der Waals surface area contributed by atoms with Crippen molar-refractivity contribution in [2.45, 2.75) is 114 Å². The molecule has 39 heteroatoms. The van der Waals surface area contributed by atoms with Crippen molar-refractivity contribution in [3.63, 3.8) is 0 Å². The van der Waals surface area contributed by atoms with Gasteiger partial charge in [-0.3, -0.25) is 51.8 Å². The van der Waals surface area contributed by atoms with E-state index in [-0.39, 0.29) is 98.7 Å². The second kappa shape index (κ2) is 29.3. The maximum absolute atomic E-state index is 16.5. The third-order valence-electron chi connectivity index (χ3n) is 14.9. The molecule has 91 heavy (non-hydrogen) atoms. The van der Waals surface area contributed by atoms with Crippen LogP contribution < -0.4 is 33.2 Å². The number of amides is 7. The minimum atomic E-state index is -4.47. The Labute approximate surface area is 526 Å². The Morgan fingerprint density at radius 3 is 2.01 bits per heavy atom. The van der Waals surface area contributed by atoms with Gasteiger partial charge in [-0.1, -0.05) is 26.0 Å². The summed E-state index contributed by atoms with van der Waals surface area (Å²) < 4.78 is 66.4. The molecule has 11 N–H and O–H groups in total. The molecule has 4 aliphatic heterocycles. The van der Waals surface area contributed by atoms with E-state index >= 15 is 4.39 Å². The molecule has 3 unspecified atom stereocenters. The first kappa shape index (κ1) is 67.7. The largest absolute Gasteiger partial charge is 0.455 e. The number of aromatic nitrogens is 8. The van der Waals surface area contributed by atoms with Gasteiger partial charge >= 0.3 is 31.5 Å². The van der Waals surface area contributed by atoms with Crippen LogP contribution in [0.3, 0.4) is 0 Å². The Balaban J connectivity index is 0.797. The molecule has 7 amide bonds. The van der Waals surface area contributed by atoms with Gasteiger partial charge in [-0.2, -0.15) is 0 Å². The van der Waals surface area contributed by atoms with E-state index in [1.807, 2.05) is 0 Å². The number of imidazole rings is 2. The Morgan fingerprint density at radius 1 is 0.824 bits per heavy atom. The lowest BCUT2D eigenvalue weighted by Crippen LogP contribution is -2.46. The van der Waals surface area contributed by atoms with Crippen LogP contribution in [-0.2, 0) is 96.0 Å². The van der Waals surface area contributed by atoms with Crippen molar-refractivity contribution >= 4 is 124 Å². The molecule has 12 atom stereocenters. The Kier molecular flexibility index (Phi) is 21.8. The van der Waals surface area contributed by atoms with Gasteiger partial charge in [-0.25, -0.2) is 43.9 Å². The number of nitrogen functional groups attached to an aromatic ring is 2. The van der Waals surface area contributed by atoms with Crippen LogP contribution in [0.4, 0.5) is 31.3 Å². The number of nitrogens with one attached hydrogen (secondary N) is 3. The van der Waals surface area contributed by atoms with Gasteiger partial charge in [0, 0.05) is 69.7 Å². The minimum Gasteiger partial charge on any atom is -0.455 e. The quantitative estimate of drug-likeness (QED) is 0.0199. The number of rotatable bonds is 23. The molecular weight excluding hydrogens is 1280 g/mol. The average Bonchev–Trinajstić information content (AvgIpc) is 1.63. The summed E-state index contributed by atoms with van der Waals surface area (Å²) in [5.74, 6) is -4.81. The monoisotopic (exact) mass is 1350 g/mol. The van der Waals surface area contributed by atoms with Crippen molar-refractivity contribution in [2.24, 2.45) is 17.6 Å². The number of ether oxygens (including phenoxy) is 4. The standard InChI is InChI=1S/C52H65FN16O18P2S2/c1-26(2)38(65-33(71)14-17-67-34(72)12-13-35(67)73)30(70)18-28(6-4-15-57-51(56)76)48(75)64-29-10-8-27(9-11-29)19-80-52(77)66(3)16-5-7-36(74)85-43-42-32(84-50(43)69-25-63-40-45(55)59-23-61-47(40)69)21-82-88(78,90)86-41-31(20-81-89(79,91)87-42)83-49(37(41)53)68-24-62-39-44(54)58-22-60-46(39)68/h8-13,22-26,28,31-32,37-38,41-43,49-50H,4-7,14-21H2,1-3H3,(H,64,75)(H,65,71)(H,78,90)(H,79,91)(H2,54,58,60)(H2,55,59,61)(H3,56,57,76)/t28-,31-,32-,37-,38+,41-,42-,43-,49-,50?,88?,89?/m1/s1. The lowest BCUT2D eigenvalue weighted by Gasteiger charge is -2.31. The van der Waals surface area contributed by atoms with Gasteiger partial charge in [-0.05, 0) is 66.5 Å². The van der Waals surface area contributed by atoms with Crippen LogP contribution >= 0.6 is 13.4 Å². The van der Waals surface area contributed by atoms with Crippen LogP contribution in [0.2, 0.25) is 0 Å². The molecule has 0 radical (unpaired) electrons. The molecule has 1 aromatic carbocycles. The fourth-order valence-corrected chi connectivity index (χ4v) is 13.1. The highest BCUT2D eigenvalue weighted by atomic mass is 32.5. The van der Waals surface area contributed by atoms with Crippen LogP contribution in [-0.4, -0.2) is 189 Å². The zero-order valence-corrected chi connectivity index (χ0v) is 52.3. The fraction of sp³-hybridized carbons (Fsp3) is 0.500. The molecule has 0 saturated carbocycles. The van der Waals surface area contributed by atoms with E-state index in [1.54, 1.807) is 38.1 Å². The third-order valence-corrected chi connectivity index (χ3v) is 18.0. The maximum atomic E-state index is 16.5. The number of carbonyl (C=O) groups excluding carboxylic acids is 8. The molecule has 0 spiro atoms. The van der Waals surface area contributed by atoms with Gasteiger partial charge in [0.25, 0.3) is 11.8 Å². The molecule has 3 fully saturated rings. The van der Waals surface area contributed by atoms with Crippen LogP contribution in [0.5, 0.6) is 0 Å². The summed E-state index contributed by atoms with van der Waals surface area (Å²) in [5.41, 5.74) is 18.6. The maximum Gasteiger partial charge on any atom is 0.409 e. The van der Waals surface area contributed by atoms with Crippen LogP contribution in [0.15, 0.2) is 61.7 Å². The van der Waals surface area contributed by atoms with Gasteiger partial charge in [0.15, 0.2) is 53.4 Å². The molecule has 490 valence electrons. The Morgan fingerprint density at radius 2 is 1.41 bits per heavy atom. The molecule has 4 aromatic heterocycles. The number of ketones is 1. The van der Waals surface area contributed by atoms with Gasteiger partial charge < -0.3 is 75.8 Å². The van der Waals surface area contributed by atoms with Crippen molar-refractivity contribution < 1.29 is 89.6 Å². The normalized spacial score (nSPS) is 25.7. The number of anilines is 3. The number of imide groups is 1. The van der Waals surface area contributed by atoms with Crippen molar-refractivity contribution in [3.8, 4) is 0 Å². The van der Waals surface area contributed by atoms with Gasteiger partial charge in [-0.15, -0.1) is 0 Å². The summed E-state index contributed by atoms with van der Waals surface area (Å²) >= 11 is 10.8. The second-order valence-corrected chi connectivity index (χ2v) is 27.2. The summed E-state index contributed by atoms with van der Waals surface area (Å²) in [6.45, 7) is -7.14. The van der Waals surface area contributed by atoms with Crippen molar-refractivity contribution in [1.82, 2.24) is 59.5 Å². The number of halogens is 1. The number of nitrogens with zero attached hydrogens (tertiary/aromatic N) is 10. The Hall–Kier alpha value is -7.67. The lowest BCUT2D eigenvalue weighted by molar-refractivity contribution is -0.158. The zero-order valence-electron chi connectivity index (χ0n) is 48.8. The van der Waals surface area contributed by atoms with E-state index in [0.717, 1.165) is 29.7 Å². The van der Waals surface area contributed by atoms with Gasteiger partial charge in [0.2, 0.25) is 11.8 Å². The number of primary amides is 1. The first-order valence-corrected chi connectivity index (χ1v) is 33.4. The molecule has 5 aromatic rings. The van der Waals surface area contributed by atoms with Crippen molar-refractivity contribution in [2.75, 3.05) is 56.7 Å². The molecule has 4 aliphatic rings. The molecule has 34 nitrogen and oxygen atoms in total. The third kappa shape index (κ3) is 16.7. The number of carbonyl (C=O) groups is 8. The number of nitrogens with two attached hydrogens (primary N) is 3. The number of Topliss-reactive ketones (excluding diaryl/α,β-unsaturated/α-hetero) is 1. The molecule has 3 saturated heterocycles. The van der Waals surface area contributed by atoms with Crippen molar-refractivity contribution in [1.29, 1.82) is 0 Å². The van der Waals surface area contributed by atoms with E-state index in [4.69, 9.17) is 77.9 Å². The number of hydrogen-bond acceptors (Lipinski definition) is 26. The summed E-state index contributed by atoms with van der Waals surface area (Å²) in [5, 5.41) is 7.91. The molecule has 9 rings (SSSR count). The predicted octanol–water partition coefficient (Wildman–Crippen LogP) is 1.59. The topological polar surface area (TPSA) is 459 Å². The Bertz CT molecular complexity index is 3680. The van der Waals surface area contributed by atoms with E-state index in [2.05, 4.69) is 45.9 Å². The van der Waals surface area contributed by atoms with Gasteiger partial charge in [0.1, 0.15) is 54.7 Å². The highest BCUT2D eigenvalue weighted by Gasteiger charge is 2.55. The second-order valence-electron chi connectivity index (χ2n) is 21.6. The molecular formula is C52H65FN16O18P2S2. The van der Waals surface area contributed by atoms with E-state index in [9.17, 15) is 48.1 Å². The lowest BCUT2D eigenvalue weighted by atomic mass is 9.89. The summed E-state index contributed by atoms with van der Waals surface area (Å²) in [6, 6.07) is 4.53. The number of alkyl halides is 1. The number of urea groups is 1. The molecule has 0 aliphatic carbocycles. The van der Waals surface area contributed by atoms with Gasteiger partial charge in [0.05, 0.1) is 31.9 Å². The molecule has 0 bridgehead atoms. The number of benzene rings is 1. The summed E-state index contributed by atoms with van der Waals surface area (Å²) in [7, 11) is 1.44. The van der Waals surface area contributed by atoms with Crippen LogP contribution in [0.25, 0.3) is 22.3 Å². The van der Waals surface area contributed by atoms with E-state index in [1.165, 1.54) is 33.7 Å². The fourth-order valence-electron chi connectivity index (χ4n) is 10.2. The molecule has 8 heterocycles. The predicted molar refractivity (Wildman–Crippen MR) is 321 cm³/mol. The first-order valence-electron chi connectivity index (χ1n) is 28.2. The van der Waals surface area contributed by atoms with Crippen LogP contribution in [0, 0.1) is 11.8 Å². The number of hydrogen-bond donors (Lipinski definition) is 8. The zero-order chi connectivity index (χ0) is 65.5. The SMILES string of the molecule is CC(C)[C@H](NC(=O)CCN1C(=O)C=CC1=O)C(=O)C[C@@H](CCCNC(N)=O)C(=O)Nc1ccc(COC(=O)N(C)CCCC(=O)O[C@H]2C(n3cnc4c(N)ncnc43)O[C@@H]3COP(O)(=S)O[C@H]4[C@@H](F)[C@H](n5cnc6c(N)ncnc65)O[C@@H]4COP(O)(=S)O[C@H]32)cc1. The number of fused-ring (bicyclic) bond motifs is 4. The van der Waals surface area contributed by atoms with Crippen molar-refractivity contribution in [3.05, 3.63) is 67.3 Å². The summed E-state index contributed by atoms with van der Waals surface area (Å²) in [6.07, 6.45) is -6.71. The van der Waals surface area contributed by atoms with E-state index < -0.39 is 141 Å². The van der Waals surface area contributed by atoms with E-state index in [0.29, 0.717) is 11.3 Å². The average molecular weight is 1350 g/mol. The smallest absolute Gasteiger partial charge is 0.409 e.